The second-order valence-electron chi connectivity index (χ2n) is 3.41. The van der Waals surface area contributed by atoms with Crippen LogP contribution in [0.25, 0.3) is 0 Å². The lowest BCUT2D eigenvalue weighted by molar-refractivity contribution is -0.144. The largest absolute Gasteiger partial charge is 0.405 e. The van der Waals surface area contributed by atoms with Gasteiger partial charge < -0.3 is 10.6 Å². The molecule has 0 bridgehead atoms. The van der Waals surface area contributed by atoms with Gasteiger partial charge in [-0.3, -0.25) is 9.59 Å². The van der Waals surface area contributed by atoms with E-state index in [9.17, 15) is 31.5 Å². The second kappa shape index (κ2) is 5.63. The number of carbonyl (C=O) groups is 2. The molecule has 0 aliphatic carbocycles. The fourth-order valence-corrected chi connectivity index (χ4v) is 1.07. The number of anilines is 1. The molecule has 0 aliphatic heterocycles. The number of halogens is 5. The summed E-state index contributed by atoms with van der Waals surface area (Å²) in [6.07, 6.45) is -4.67. The number of nitrogens with one attached hydrogen (secondary N) is 2. The van der Waals surface area contributed by atoms with E-state index in [1.54, 1.807) is 5.32 Å². The molecule has 4 nitrogen and oxygen atoms in total. The molecule has 0 saturated heterocycles. The van der Waals surface area contributed by atoms with Crippen LogP contribution in [0.15, 0.2) is 18.2 Å². The van der Waals surface area contributed by atoms with Crippen molar-refractivity contribution >= 4 is 17.5 Å². The van der Waals surface area contributed by atoms with Crippen molar-refractivity contribution < 1.29 is 31.5 Å². The SMILES string of the molecule is O=C(NCC(F)(F)F)C(=O)Nc1cc(F)cc(F)c1. The van der Waals surface area contributed by atoms with Crippen LogP contribution in [-0.2, 0) is 9.59 Å². The molecule has 9 heteroatoms. The molecule has 0 saturated carbocycles. The zero-order valence-electron chi connectivity index (χ0n) is 9.15. The summed E-state index contributed by atoms with van der Waals surface area (Å²) >= 11 is 0. The Hall–Kier alpha value is -2.19. The maximum Gasteiger partial charge on any atom is 0.405 e. The number of carbonyl (C=O) groups excluding carboxylic acids is 2. The van der Waals surface area contributed by atoms with Gasteiger partial charge >= 0.3 is 18.0 Å². The van der Waals surface area contributed by atoms with E-state index in [-0.39, 0.29) is 5.69 Å². The maximum absolute atomic E-state index is 12.7. The van der Waals surface area contributed by atoms with Gasteiger partial charge in [-0.2, -0.15) is 13.2 Å². The predicted octanol–water partition coefficient (Wildman–Crippen LogP) is 1.58. The van der Waals surface area contributed by atoms with Gasteiger partial charge in [0.2, 0.25) is 0 Å². The number of hydrogen-bond donors (Lipinski definition) is 2. The van der Waals surface area contributed by atoms with Crippen molar-refractivity contribution in [3.05, 3.63) is 29.8 Å². The van der Waals surface area contributed by atoms with Gasteiger partial charge in [-0.05, 0) is 12.1 Å². The van der Waals surface area contributed by atoms with Gasteiger partial charge in [0.25, 0.3) is 0 Å². The average Bonchev–Trinajstić information content (AvgIpc) is 2.23. The molecule has 0 unspecified atom stereocenters. The van der Waals surface area contributed by atoms with E-state index in [1.165, 1.54) is 5.32 Å². The molecule has 2 N–H and O–H groups in total. The highest BCUT2D eigenvalue weighted by atomic mass is 19.4. The van der Waals surface area contributed by atoms with E-state index in [0.717, 1.165) is 0 Å². The lowest BCUT2D eigenvalue weighted by Crippen LogP contribution is -2.40. The van der Waals surface area contributed by atoms with Crippen molar-refractivity contribution in [1.82, 2.24) is 5.32 Å². The number of hydrogen-bond acceptors (Lipinski definition) is 2. The molecular formula is C10H7F5N2O2. The lowest BCUT2D eigenvalue weighted by Gasteiger charge is -2.08. The molecule has 0 atom stereocenters. The first kappa shape index (κ1) is 14.9. The minimum atomic E-state index is -4.67. The second-order valence-corrected chi connectivity index (χ2v) is 3.41. The number of benzene rings is 1. The van der Waals surface area contributed by atoms with Crippen LogP contribution in [0.5, 0.6) is 0 Å². The van der Waals surface area contributed by atoms with Crippen LogP contribution in [0, 0.1) is 11.6 Å². The fraction of sp³-hybridized carbons (Fsp3) is 0.200. The number of rotatable bonds is 2. The predicted molar refractivity (Wildman–Crippen MR) is 54.1 cm³/mol. The molecule has 1 rings (SSSR count). The number of alkyl halides is 3. The van der Waals surface area contributed by atoms with E-state index in [1.807, 2.05) is 0 Å². The van der Waals surface area contributed by atoms with Crippen molar-refractivity contribution in [2.45, 2.75) is 6.18 Å². The van der Waals surface area contributed by atoms with Crippen molar-refractivity contribution in [2.75, 3.05) is 11.9 Å². The summed E-state index contributed by atoms with van der Waals surface area (Å²) in [6.45, 7) is -1.68. The van der Waals surface area contributed by atoms with Crippen LogP contribution < -0.4 is 10.6 Å². The topological polar surface area (TPSA) is 58.2 Å². The molecule has 0 spiro atoms. The molecule has 0 radical (unpaired) electrons. The zero-order chi connectivity index (χ0) is 14.6. The molecular weight excluding hydrogens is 275 g/mol. The third-order valence-electron chi connectivity index (χ3n) is 1.78. The Morgan fingerprint density at radius 1 is 1.00 bits per heavy atom. The summed E-state index contributed by atoms with van der Waals surface area (Å²) in [5.74, 6) is -5.05. The third kappa shape index (κ3) is 5.32. The summed E-state index contributed by atoms with van der Waals surface area (Å²) in [5.41, 5.74) is -0.385. The van der Waals surface area contributed by atoms with Crippen LogP contribution in [-0.4, -0.2) is 24.5 Å². The van der Waals surface area contributed by atoms with Crippen LogP contribution in [0.4, 0.5) is 27.6 Å². The Morgan fingerprint density at radius 3 is 2.00 bits per heavy atom. The van der Waals surface area contributed by atoms with E-state index in [0.29, 0.717) is 18.2 Å². The van der Waals surface area contributed by atoms with Crippen molar-refractivity contribution in [1.29, 1.82) is 0 Å². The smallest absolute Gasteiger partial charge is 0.339 e. The summed E-state index contributed by atoms with van der Waals surface area (Å²) < 4.78 is 60.8. The molecule has 1 aromatic rings. The maximum atomic E-state index is 12.7. The van der Waals surface area contributed by atoms with Gasteiger partial charge in [-0.1, -0.05) is 0 Å². The Kier molecular flexibility index (Phi) is 4.41. The van der Waals surface area contributed by atoms with Crippen molar-refractivity contribution in [3.63, 3.8) is 0 Å². The standard InChI is InChI=1S/C10H7F5N2O2/c11-5-1-6(12)3-7(2-5)17-9(19)8(18)16-4-10(13,14)15/h1-3H,4H2,(H,16,18)(H,17,19). The van der Waals surface area contributed by atoms with Crippen LogP contribution in [0.1, 0.15) is 0 Å². The Balaban J connectivity index is 2.61. The van der Waals surface area contributed by atoms with Crippen LogP contribution >= 0.6 is 0 Å². The zero-order valence-corrected chi connectivity index (χ0v) is 9.15. The van der Waals surface area contributed by atoms with Gasteiger partial charge in [-0.15, -0.1) is 0 Å². The Morgan fingerprint density at radius 2 is 1.53 bits per heavy atom. The van der Waals surface area contributed by atoms with Crippen molar-refractivity contribution in [2.24, 2.45) is 0 Å². The third-order valence-corrected chi connectivity index (χ3v) is 1.78. The number of amides is 2. The Bertz CT molecular complexity index is 481. The van der Waals surface area contributed by atoms with Crippen LogP contribution in [0.3, 0.4) is 0 Å². The van der Waals surface area contributed by atoms with E-state index in [4.69, 9.17) is 0 Å². The first-order valence-corrected chi connectivity index (χ1v) is 4.79. The van der Waals surface area contributed by atoms with Crippen LogP contribution in [0.2, 0.25) is 0 Å². The molecule has 0 heterocycles. The highest BCUT2D eigenvalue weighted by Crippen LogP contribution is 2.13. The molecule has 1 aromatic carbocycles. The molecule has 0 aromatic heterocycles. The fourth-order valence-electron chi connectivity index (χ4n) is 1.07. The monoisotopic (exact) mass is 282 g/mol. The van der Waals surface area contributed by atoms with Gasteiger partial charge in [0.05, 0.1) is 0 Å². The highest BCUT2D eigenvalue weighted by molar-refractivity contribution is 6.39. The molecule has 0 fully saturated rings. The van der Waals surface area contributed by atoms with Gasteiger partial charge in [-0.25, -0.2) is 8.78 Å². The first-order valence-electron chi connectivity index (χ1n) is 4.79. The van der Waals surface area contributed by atoms with Gasteiger partial charge in [0, 0.05) is 11.8 Å². The molecule has 0 aliphatic rings. The molecule has 2 amide bonds. The van der Waals surface area contributed by atoms with E-state index in [2.05, 4.69) is 0 Å². The molecule has 104 valence electrons. The van der Waals surface area contributed by atoms with Gasteiger partial charge in [0.15, 0.2) is 0 Å². The summed E-state index contributed by atoms with van der Waals surface area (Å²) in [7, 11) is 0. The van der Waals surface area contributed by atoms with E-state index < -0.39 is 36.2 Å². The minimum Gasteiger partial charge on any atom is -0.339 e. The molecule has 19 heavy (non-hydrogen) atoms. The summed E-state index contributed by atoms with van der Waals surface area (Å²) in [6, 6.07) is 1.94. The summed E-state index contributed by atoms with van der Waals surface area (Å²) in [5, 5.41) is 3.07. The Labute approximate surface area is 103 Å². The first-order chi connectivity index (χ1) is 8.67. The minimum absolute atomic E-state index is 0.385. The van der Waals surface area contributed by atoms with Gasteiger partial charge in [0.1, 0.15) is 18.2 Å². The van der Waals surface area contributed by atoms with E-state index >= 15 is 0 Å². The normalized spacial score (nSPS) is 11.0. The highest BCUT2D eigenvalue weighted by Gasteiger charge is 2.29. The average molecular weight is 282 g/mol. The quantitative estimate of drug-likeness (QED) is 0.639. The summed E-state index contributed by atoms with van der Waals surface area (Å²) in [4.78, 5) is 22.1. The van der Waals surface area contributed by atoms with Crippen molar-refractivity contribution in [3.8, 4) is 0 Å². The lowest BCUT2D eigenvalue weighted by atomic mass is 10.3.